The fourth-order valence-corrected chi connectivity index (χ4v) is 1.81. The Kier molecular flexibility index (Phi) is 6.68. The lowest BCUT2D eigenvalue weighted by molar-refractivity contribution is 0.217. The van der Waals surface area contributed by atoms with Gasteiger partial charge in [0, 0.05) is 6.54 Å². The molecular weight excluding hydrogens is 231 g/mol. The molecule has 0 heterocycles. The molecule has 0 saturated heterocycles. The molecule has 0 fully saturated rings. The Labute approximate surface area is 109 Å². The van der Waals surface area contributed by atoms with Gasteiger partial charge in [-0.1, -0.05) is 19.9 Å². The maximum Gasteiger partial charge on any atom is 0.165 e. The molecule has 0 spiro atoms. The molecule has 2 N–H and O–H groups in total. The average Bonchev–Trinajstić information content (AvgIpc) is 2.37. The van der Waals surface area contributed by atoms with Crippen LogP contribution in [0.1, 0.15) is 19.4 Å². The highest BCUT2D eigenvalue weighted by molar-refractivity contribution is 5.29. The summed E-state index contributed by atoms with van der Waals surface area (Å²) >= 11 is 0. The van der Waals surface area contributed by atoms with Crippen LogP contribution in [0.5, 0.6) is 5.75 Å². The quantitative estimate of drug-likeness (QED) is 0.771. The van der Waals surface area contributed by atoms with Crippen LogP contribution in [-0.2, 0) is 6.42 Å². The first kappa shape index (κ1) is 14.9. The van der Waals surface area contributed by atoms with E-state index in [0.717, 1.165) is 25.2 Å². The van der Waals surface area contributed by atoms with Crippen LogP contribution < -0.4 is 10.5 Å². The van der Waals surface area contributed by atoms with Crippen LogP contribution >= 0.6 is 0 Å². The van der Waals surface area contributed by atoms with Crippen molar-refractivity contribution in [1.29, 1.82) is 0 Å². The van der Waals surface area contributed by atoms with Gasteiger partial charge in [-0.2, -0.15) is 0 Å². The first-order chi connectivity index (χ1) is 8.71. The number of halogens is 1. The summed E-state index contributed by atoms with van der Waals surface area (Å²) in [6, 6.07) is 5.05. The second-order valence-electron chi connectivity index (χ2n) is 4.18. The van der Waals surface area contributed by atoms with Crippen LogP contribution in [0.4, 0.5) is 4.39 Å². The summed E-state index contributed by atoms with van der Waals surface area (Å²) in [7, 11) is 0. The largest absolute Gasteiger partial charge is 0.489 e. The maximum atomic E-state index is 13.7. The van der Waals surface area contributed by atoms with Crippen LogP contribution in [0.3, 0.4) is 0 Å². The minimum absolute atomic E-state index is 0.305. The minimum Gasteiger partial charge on any atom is -0.489 e. The third-order valence-electron chi connectivity index (χ3n) is 2.99. The minimum atomic E-state index is -0.305. The monoisotopic (exact) mass is 254 g/mol. The maximum absolute atomic E-state index is 13.7. The van der Waals surface area contributed by atoms with E-state index in [1.807, 2.05) is 6.07 Å². The summed E-state index contributed by atoms with van der Waals surface area (Å²) in [6.07, 6.45) is 0.691. The molecule has 102 valence electrons. The number of nitrogens with two attached hydrogens (primary N) is 1. The summed E-state index contributed by atoms with van der Waals surface area (Å²) < 4.78 is 19.1. The molecule has 0 amide bonds. The second-order valence-corrected chi connectivity index (χ2v) is 4.18. The van der Waals surface area contributed by atoms with Crippen molar-refractivity contribution in [3.63, 3.8) is 0 Å². The van der Waals surface area contributed by atoms with Crippen molar-refractivity contribution in [2.45, 2.75) is 20.3 Å². The van der Waals surface area contributed by atoms with Gasteiger partial charge in [-0.3, -0.25) is 0 Å². The molecule has 0 aliphatic rings. The van der Waals surface area contributed by atoms with Gasteiger partial charge in [-0.05, 0) is 43.8 Å². The molecular formula is C14H23FN2O. The van der Waals surface area contributed by atoms with E-state index in [2.05, 4.69) is 18.7 Å². The van der Waals surface area contributed by atoms with E-state index in [1.165, 1.54) is 6.07 Å². The standard InChI is InChI=1S/C14H23FN2O/c1-3-17(4-2)9-10-18-14-6-5-12(7-8-16)11-13(14)15/h5-6,11H,3-4,7-10,16H2,1-2H3. The average molecular weight is 254 g/mol. The Morgan fingerprint density at radius 3 is 2.56 bits per heavy atom. The third kappa shape index (κ3) is 4.63. The van der Waals surface area contributed by atoms with Gasteiger partial charge in [-0.25, -0.2) is 4.39 Å². The lowest BCUT2D eigenvalue weighted by Gasteiger charge is -2.18. The van der Waals surface area contributed by atoms with Crippen LogP contribution in [0.15, 0.2) is 18.2 Å². The Morgan fingerprint density at radius 1 is 1.28 bits per heavy atom. The second kappa shape index (κ2) is 8.06. The van der Waals surface area contributed by atoms with E-state index in [-0.39, 0.29) is 5.82 Å². The van der Waals surface area contributed by atoms with Gasteiger partial charge in [0.15, 0.2) is 11.6 Å². The summed E-state index contributed by atoms with van der Waals surface area (Å²) in [6.45, 7) is 8.03. The molecule has 0 atom stereocenters. The van der Waals surface area contributed by atoms with Crippen molar-refractivity contribution < 1.29 is 9.13 Å². The highest BCUT2D eigenvalue weighted by atomic mass is 19.1. The lowest BCUT2D eigenvalue weighted by Crippen LogP contribution is -2.28. The van der Waals surface area contributed by atoms with E-state index in [4.69, 9.17) is 10.5 Å². The van der Waals surface area contributed by atoms with Gasteiger partial charge in [0.25, 0.3) is 0 Å². The van der Waals surface area contributed by atoms with Gasteiger partial charge in [0.05, 0.1) is 0 Å². The van der Waals surface area contributed by atoms with Gasteiger partial charge in [0.2, 0.25) is 0 Å². The topological polar surface area (TPSA) is 38.5 Å². The van der Waals surface area contributed by atoms with Crippen molar-refractivity contribution >= 4 is 0 Å². The van der Waals surface area contributed by atoms with Crippen molar-refractivity contribution in [2.75, 3.05) is 32.8 Å². The molecule has 0 unspecified atom stereocenters. The molecule has 0 aliphatic heterocycles. The zero-order valence-electron chi connectivity index (χ0n) is 11.3. The van der Waals surface area contributed by atoms with Gasteiger partial charge >= 0.3 is 0 Å². The number of rotatable bonds is 8. The molecule has 0 radical (unpaired) electrons. The van der Waals surface area contributed by atoms with E-state index in [9.17, 15) is 4.39 Å². The van der Waals surface area contributed by atoms with Gasteiger partial charge in [0.1, 0.15) is 6.61 Å². The molecule has 18 heavy (non-hydrogen) atoms. The molecule has 0 saturated carbocycles. The van der Waals surface area contributed by atoms with Crippen molar-refractivity contribution in [1.82, 2.24) is 4.90 Å². The highest BCUT2D eigenvalue weighted by Gasteiger charge is 2.05. The molecule has 0 bridgehead atoms. The lowest BCUT2D eigenvalue weighted by atomic mass is 10.1. The van der Waals surface area contributed by atoms with E-state index in [0.29, 0.717) is 25.3 Å². The number of hydrogen-bond donors (Lipinski definition) is 1. The van der Waals surface area contributed by atoms with Crippen LogP contribution in [0, 0.1) is 5.82 Å². The first-order valence-electron chi connectivity index (χ1n) is 6.54. The van der Waals surface area contributed by atoms with Crippen LogP contribution in [0.25, 0.3) is 0 Å². The normalized spacial score (nSPS) is 10.9. The first-order valence-corrected chi connectivity index (χ1v) is 6.54. The van der Waals surface area contributed by atoms with Crippen molar-refractivity contribution in [3.05, 3.63) is 29.6 Å². The Bertz CT molecular complexity index is 354. The summed E-state index contributed by atoms with van der Waals surface area (Å²) in [5.41, 5.74) is 6.34. The number of likely N-dealkylation sites (N-methyl/N-ethyl adjacent to an activating group) is 1. The summed E-state index contributed by atoms with van der Waals surface area (Å²) in [4.78, 5) is 2.24. The Balaban J connectivity index is 2.47. The fourth-order valence-electron chi connectivity index (χ4n) is 1.81. The van der Waals surface area contributed by atoms with Crippen LogP contribution in [-0.4, -0.2) is 37.7 Å². The molecule has 1 aromatic carbocycles. The van der Waals surface area contributed by atoms with Crippen molar-refractivity contribution in [3.8, 4) is 5.75 Å². The fraction of sp³-hybridized carbons (Fsp3) is 0.571. The third-order valence-corrected chi connectivity index (χ3v) is 2.99. The molecule has 0 aromatic heterocycles. The van der Waals surface area contributed by atoms with Crippen molar-refractivity contribution in [2.24, 2.45) is 5.73 Å². The molecule has 1 aromatic rings. The van der Waals surface area contributed by atoms with E-state index in [1.54, 1.807) is 6.07 Å². The van der Waals surface area contributed by atoms with Gasteiger partial charge < -0.3 is 15.4 Å². The zero-order valence-corrected chi connectivity index (χ0v) is 11.3. The predicted octanol–water partition coefficient (Wildman–Crippen LogP) is 2.05. The van der Waals surface area contributed by atoms with Gasteiger partial charge in [-0.15, -0.1) is 0 Å². The highest BCUT2D eigenvalue weighted by Crippen LogP contribution is 2.18. The number of benzene rings is 1. The molecule has 0 aliphatic carbocycles. The number of ether oxygens (including phenoxy) is 1. The predicted molar refractivity (Wildman–Crippen MR) is 72.4 cm³/mol. The Morgan fingerprint density at radius 2 is 2.00 bits per heavy atom. The smallest absolute Gasteiger partial charge is 0.165 e. The molecule has 3 nitrogen and oxygen atoms in total. The zero-order chi connectivity index (χ0) is 13.4. The Hall–Kier alpha value is -1.13. The molecule has 1 rings (SSSR count). The summed E-state index contributed by atoms with van der Waals surface area (Å²) in [5.74, 6) is 0.0171. The SMILES string of the molecule is CCN(CC)CCOc1ccc(CCN)cc1F. The molecule has 4 heteroatoms. The summed E-state index contributed by atoms with van der Waals surface area (Å²) in [5, 5.41) is 0. The van der Waals surface area contributed by atoms with E-state index >= 15 is 0 Å². The van der Waals surface area contributed by atoms with Crippen LogP contribution in [0.2, 0.25) is 0 Å². The number of hydrogen-bond acceptors (Lipinski definition) is 3. The number of nitrogens with zero attached hydrogens (tertiary/aromatic N) is 1. The van der Waals surface area contributed by atoms with E-state index < -0.39 is 0 Å².